The number of aromatic nitrogens is 4. The molecule has 1 fully saturated rings. The number of carbonyl (C=O) groups excluding carboxylic acids is 1. The van der Waals surface area contributed by atoms with Crippen LogP contribution in [0, 0.1) is 0 Å². The molecule has 2 aromatic heterocycles. The van der Waals surface area contributed by atoms with Crippen molar-refractivity contribution in [2.24, 2.45) is 5.10 Å². The van der Waals surface area contributed by atoms with E-state index in [-0.39, 0.29) is 30.0 Å². The summed E-state index contributed by atoms with van der Waals surface area (Å²) in [6, 6.07) is 24.0. The zero-order valence-electron chi connectivity index (χ0n) is 26.7. The zero-order valence-corrected chi connectivity index (χ0v) is 26.7. The average molecular weight is 631 g/mol. The van der Waals surface area contributed by atoms with Gasteiger partial charge in [-0.05, 0) is 79.1 Å². The fraction of sp³-hybridized carbons (Fsp3) is 0.324. The molecule has 1 aliphatic heterocycles. The molecular weight excluding hydrogens is 592 g/mol. The number of hydrogen-bond donors (Lipinski definition) is 1. The first-order valence-corrected chi connectivity index (χ1v) is 16.3. The van der Waals surface area contributed by atoms with Crippen molar-refractivity contribution in [1.29, 1.82) is 0 Å². The lowest BCUT2D eigenvalue weighted by Crippen LogP contribution is -2.35. The van der Waals surface area contributed by atoms with Gasteiger partial charge in [0.05, 0.1) is 31.0 Å². The van der Waals surface area contributed by atoms with E-state index in [0.717, 1.165) is 77.1 Å². The molecule has 1 saturated carbocycles. The van der Waals surface area contributed by atoms with Gasteiger partial charge in [-0.25, -0.2) is 9.94 Å². The lowest BCUT2D eigenvalue weighted by molar-refractivity contribution is -0.119. The highest BCUT2D eigenvalue weighted by Gasteiger charge is 2.29. The number of hydrazone groups is 1. The fourth-order valence-electron chi connectivity index (χ4n) is 6.88. The van der Waals surface area contributed by atoms with Crippen molar-refractivity contribution < 1.29 is 14.3 Å². The summed E-state index contributed by atoms with van der Waals surface area (Å²) in [4.78, 5) is 31.3. The lowest BCUT2D eigenvalue weighted by Gasteiger charge is -2.31. The highest BCUT2D eigenvalue weighted by atomic mass is 16.5. The summed E-state index contributed by atoms with van der Waals surface area (Å²) in [5.41, 5.74) is 8.79. The number of aryl methyl sites for hydroxylation is 1. The average Bonchev–Trinajstić information content (AvgIpc) is 3.77. The van der Waals surface area contributed by atoms with E-state index in [4.69, 9.17) is 9.47 Å². The molecule has 47 heavy (non-hydrogen) atoms. The summed E-state index contributed by atoms with van der Waals surface area (Å²) >= 11 is 0. The van der Waals surface area contributed by atoms with Gasteiger partial charge in [0, 0.05) is 23.6 Å². The molecule has 7 rings (SSSR count). The molecule has 3 heterocycles. The number of hydrogen-bond acceptors (Lipinski definition) is 7. The van der Waals surface area contributed by atoms with Gasteiger partial charge in [-0.3, -0.25) is 14.2 Å². The Hall–Kier alpha value is -5.25. The first-order chi connectivity index (χ1) is 23.0. The quantitative estimate of drug-likeness (QED) is 0.206. The molecule has 10 heteroatoms. The molecule has 0 saturated heterocycles. The molecule has 0 bridgehead atoms. The molecule has 0 spiro atoms. The Balaban J connectivity index is 1.22. The number of methoxy groups -OCH3 is 1. The van der Waals surface area contributed by atoms with Crippen molar-refractivity contribution in [2.45, 2.75) is 70.4 Å². The molecule has 0 radical (unpaired) electrons. The molecule has 1 N–H and O–H groups in total. The van der Waals surface area contributed by atoms with Crippen LogP contribution in [0.25, 0.3) is 16.9 Å². The van der Waals surface area contributed by atoms with Gasteiger partial charge < -0.3 is 9.47 Å². The number of fused-ring (bicyclic) bond motifs is 1. The van der Waals surface area contributed by atoms with Crippen LogP contribution in [-0.2, 0) is 17.6 Å². The molecule has 0 unspecified atom stereocenters. The van der Waals surface area contributed by atoms with E-state index in [1.54, 1.807) is 13.4 Å². The van der Waals surface area contributed by atoms with Crippen LogP contribution in [0.15, 0.2) is 89.0 Å². The van der Waals surface area contributed by atoms with Crippen LogP contribution >= 0.6 is 0 Å². The summed E-state index contributed by atoms with van der Waals surface area (Å²) in [5.74, 6) is 2.08. The second kappa shape index (κ2) is 13.2. The molecule has 1 aliphatic carbocycles. The Labute approximate surface area is 273 Å². The smallest absolute Gasteiger partial charge is 0.259 e. The zero-order chi connectivity index (χ0) is 32.3. The molecule has 5 aromatic rings. The van der Waals surface area contributed by atoms with Gasteiger partial charge in [-0.15, -0.1) is 0 Å². The molecule has 1 amide bonds. The Morgan fingerprint density at radius 3 is 2.38 bits per heavy atom. The van der Waals surface area contributed by atoms with E-state index in [1.807, 2.05) is 51.5 Å². The summed E-state index contributed by atoms with van der Waals surface area (Å²) in [7, 11) is 1.65. The second-order valence-corrected chi connectivity index (χ2v) is 12.2. The minimum Gasteiger partial charge on any atom is -0.497 e. The number of carbonyl (C=O) groups is 1. The summed E-state index contributed by atoms with van der Waals surface area (Å²) < 4.78 is 15.3. The first-order valence-electron chi connectivity index (χ1n) is 16.3. The molecular formula is C37H38N6O4. The summed E-state index contributed by atoms with van der Waals surface area (Å²) in [6.45, 7) is 2.11. The summed E-state index contributed by atoms with van der Waals surface area (Å²) in [6.07, 6.45) is 7.08. The molecule has 2 aliphatic rings. The second-order valence-electron chi connectivity index (χ2n) is 12.2. The van der Waals surface area contributed by atoms with Crippen molar-refractivity contribution >= 4 is 17.4 Å². The largest absolute Gasteiger partial charge is 0.497 e. The normalized spacial score (nSPS) is 17.8. The number of benzene rings is 3. The van der Waals surface area contributed by atoms with E-state index in [1.165, 1.54) is 0 Å². The minimum absolute atomic E-state index is 0.0136. The van der Waals surface area contributed by atoms with Crippen LogP contribution < -0.4 is 20.5 Å². The van der Waals surface area contributed by atoms with Gasteiger partial charge in [-0.1, -0.05) is 55.8 Å². The molecule has 240 valence electrons. The summed E-state index contributed by atoms with van der Waals surface area (Å²) in [5, 5.41) is 8.96. The van der Waals surface area contributed by atoms with Crippen LogP contribution in [0.3, 0.4) is 0 Å². The lowest BCUT2D eigenvalue weighted by atomic mass is 9.91. The van der Waals surface area contributed by atoms with E-state index >= 15 is 0 Å². The maximum absolute atomic E-state index is 14.5. The van der Waals surface area contributed by atoms with Crippen molar-refractivity contribution in [3.05, 3.63) is 112 Å². The third-order valence-corrected chi connectivity index (χ3v) is 9.19. The van der Waals surface area contributed by atoms with E-state index < -0.39 is 0 Å². The van der Waals surface area contributed by atoms with Crippen molar-refractivity contribution in [3.63, 3.8) is 0 Å². The van der Waals surface area contributed by atoms with E-state index in [2.05, 4.69) is 57.9 Å². The van der Waals surface area contributed by atoms with Gasteiger partial charge in [0.1, 0.15) is 17.8 Å². The van der Waals surface area contributed by atoms with Gasteiger partial charge in [-0.2, -0.15) is 15.2 Å². The number of rotatable bonds is 10. The van der Waals surface area contributed by atoms with Crippen LogP contribution in [0.2, 0.25) is 0 Å². The number of amides is 1. The SMILES string of the molecule is CCCc1c(Cc2ccc(-c3ccccc3)c(C3=NNC(=O)C3)c2)c(=O)n(C2CCC(Oc3ccc(OC)cc3)CC2)c2ncnn12. The highest BCUT2D eigenvalue weighted by molar-refractivity contribution is 6.16. The monoisotopic (exact) mass is 630 g/mol. The molecule has 0 atom stereocenters. The topological polar surface area (TPSA) is 112 Å². The molecule has 3 aromatic carbocycles. The predicted molar refractivity (Wildman–Crippen MR) is 180 cm³/mol. The van der Waals surface area contributed by atoms with Crippen LogP contribution in [-0.4, -0.2) is 44.0 Å². The van der Waals surface area contributed by atoms with Crippen molar-refractivity contribution in [3.8, 4) is 22.6 Å². The van der Waals surface area contributed by atoms with Crippen LogP contribution in [0.5, 0.6) is 11.5 Å². The van der Waals surface area contributed by atoms with Gasteiger partial charge in [0.25, 0.3) is 5.56 Å². The standard InChI is InChI=1S/C37H38N6O4/c1-3-7-34-32(21-24-10-19-30(25-8-5-4-6-9-25)31(20-24)33-22-35(44)41-40-33)36(45)42(37-38-23-39-43(34)37)26-11-13-28(14-12-26)47-29-17-15-27(46-2)16-18-29/h4-6,8-10,15-20,23,26,28H,3,7,11-14,21-22H2,1-2H3,(H,41,44). The van der Waals surface area contributed by atoms with Gasteiger partial charge in [0.15, 0.2) is 0 Å². The maximum Gasteiger partial charge on any atom is 0.259 e. The highest BCUT2D eigenvalue weighted by Crippen LogP contribution is 2.33. The minimum atomic E-state index is -0.127. The van der Waals surface area contributed by atoms with Gasteiger partial charge >= 0.3 is 0 Å². The number of ether oxygens (including phenoxy) is 2. The Morgan fingerprint density at radius 1 is 0.915 bits per heavy atom. The fourth-order valence-corrected chi connectivity index (χ4v) is 6.88. The third kappa shape index (κ3) is 6.15. The predicted octanol–water partition coefficient (Wildman–Crippen LogP) is 5.90. The Bertz CT molecular complexity index is 1990. The molecule has 10 nitrogen and oxygen atoms in total. The van der Waals surface area contributed by atoms with Crippen molar-refractivity contribution in [1.82, 2.24) is 24.6 Å². The third-order valence-electron chi connectivity index (χ3n) is 9.19. The van der Waals surface area contributed by atoms with E-state index in [9.17, 15) is 9.59 Å². The van der Waals surface area contributed by atoms with Gasteiger partial charge in [0.2, 0.25) is 11.7 Å². The van der Waals surface area contributed by atoms with Crippen LogP contribution in [0.1, 0.15) is 73.9 Å². The number of nitrogens with one attached hydrogen (secondary N) is 1. The number of nitrogens with zero attached hydrogens (tertiary/aromatic N) is 5. The van der Waals surface area contributed by atoms with Crippen molar-refractivity contribution in [2.75, 3.05) is 7.11 Å². The Kier molecular flexibility index (Phi) is 8.56. The maximum atomic E-state index is 14.5. The Morgan fingerprint density at radius 2 is 1.68 bits per heavy atom. The first kappa shape index (κ1) is 30.4. The van der Waals surface area contributed by atoms with E-state index in [0.29, 0.717) is 24.3 Å². The van der Waals surface area contributed by atoms with Crippen LogP contribution in [0.4, 0.5) is 0 Å².